The van der Waals surface area contributed by atoms with Crippen molar-refractivity contribution in [2.24, 2.45) is 5.92 Å². The highest BCUT2D eigenvalue weighted by atomic mass is 35.5. The molecule has 0 spiro atoms. The normalized spacial score (nSPS) is 13.9. The fourth-order valence-electron chi connectivity index (χ4n) is 2.62. The molecule has 0 radical (unpaired) electrons. The molecule has 2 aromatic rings. The lowest BCUT2D eigenvalue weighted by Crippen LogP contribution is -2.20. The molecule has 0 aliphatic rings. The molecule has 2 rings (SSSR count). The minimum Gasteiger partial charge on any atom is -0.493 e. The Balaban J connectivity index is 2.04. The summed E-state index contributed by atoms with van der Waals surface area (Å²) in [5.41, 5.74) is 2.10. The summed E-state index contributed by atoms with van der Waals surface area (Å²) in [5, 5.41) is 9.24. The molecular weight excluding hydrogens is 367 g/mol. The monoisotopic (exact) mass is 394 g/mol. The van der Waals surface area contributed by atoms with Crippen LogP contribution in [0, 0.1) is 5.92 Å². The van der Waals surface area contributed by atoms with Gasteiger partial charge in [-0.1, -0.05) is 45.0 Å². The first-order chi connectivity index (χ1) is 12.9. The number of alkyl halides is 2. The molecule has 5 heteroatoms. The highest BCUT2D eigenvalue weighted by molar-refractivity contribution is 6.18. The van der Waals surface area contributed by atoms with Gasteiger partial charge in [-0.15, -0.1) is 11.6 Å². The van der Waals surface area contributed by atoms with Crippen molar-refractivity contribution in [2.75, 3.05) is 25.8 Å². The number of aliphatic hydroxyl groups excluding tert-OH is 1. The van der Waals surface area contributed by atoms with Crippen molar-refractivity contribution in [1.82, 2.24) is 0 Å². The Morgan fingerprint density at radius 1 is 0.926 bits per heavy atom. The van der Waals surface area contributed by atoms with E-state index >= 15 is 0 Å². The van der Waals surface area contributed by atoms with Gasteiger partial charge in [0.05, 0.1) is 6.61 Å². The van der Waals surface area contributed by atoms with E-state index < -0.39 is 12.8 Å². The zero-order valence-electron chi connectivity index (χ0n) is 16.1. The van der Waals surface area contributed by atoms with Crippen molar-refractivity contribution in [3.05, 3.63) is 59.7 Å². The number of aliphatic hydroxyl groups is 1. The first-order valence-electron chi connectivity index (χ1n) is 9.13. The summed E-state index contributed by atoms with van der Waals surface area (Å²) >= 11 is 5.81. The van der Waals surface area contributed by atoms with E-state index in [0.29, 0.717) is 24.2 Å². The Labute approximate surface area is 166 Å². The van der Waals surface area contributed by atoms with E-state index in [1.165, 1.54) is 5.56 Å². The fraction of sp³-hybridized carbons (Fsp3) is 0.455. The second-order valence-corrected chi connectivity index (χ2v) is 7.67. The van der Waals surface area contributed by atoms with E-state index in [-0.39, 0.29) is 12.0 Å². The highest BCUT2D eigenvalue weighted by Gasteiger charge is 2.23. The maximum Gasteiger partial charge on any atom is 0.119 e. The molecule has 3 nitrogen and oxygen atoms in total. The van der Waals surface area contributed by atoms with Gasteiger partial charge in [0.25, 0.3) is 0 Å². The van der Waals surface area contributed by atoms with Crippen LogP contribution in [-0.2, 0) is 5.41 Å². The van der Waals surface area contributed by atoms with Gasteiger partial charge in [0, 0.05) is 17.2 Å². The van der Waals surface area contributed by atoms with Crippen LogP contribution in [0.1, 0.15) is 31.9 Å². The van der Waals surface area contributed by atoms with Gasteiger partial charge < -0.3 is 14.6 Å². The van der Waals surface area contributed by atoms with Gasteiger partial charge in [-0.2, -0.15) is 0 Å². The molecule has 0 saturated heterocycles. The Morgan fingerprint density at radius 2 is 1.37 bits per heavy atom. The van der Waals surface area contributed by atoms with Gasteiger partial charge in [-0.05, 0) is 35.4 Å². The number of halogens is 2. The van der Waals surface area contributed by atoms with Crippen LogP contribution < -0.4 is 9.47 Å². The van der Waals surface area contributed by atoms with Crippen molar-refractivity contribution >= 4 is 11.6 Å². The third-order valence-corrected chi connectivity index (χ3v) is 5.10. The van der Waals surface area contributed by atoms with Crippen LogP contribution in [0.15, 0.2) is 48.5 Å². The predicted octanol–water partition coefficient (Wildman–Crippen LogP) is 4.98. The molecule has 0 amide bonds. The van der Waals surface area contributed by atoms with E-state index in [2.05, 4.69) is 32.9 Å². The van der Waals surface area contributed by atoms with Crippen LogP contribution in [0.5, 0.6) is 11.5 Å². The van der Waals surface area contributed by atoms with Gasteiger partial charge >= 0.3 is 0 Å². The van der Waals surface area contributed by atoms with Gasteiger partial charge in [0.2, 0.25) is 0 Å². The molecule has 0 saturated carbocycles. The van der Waals surface area contributed by atoms with E-state index in [9.17, 15) is 9.50 Å². The molecule has 2 atom stereocenters. The lowest BCUT2D eigenvalue weighted by Gasteiger charge is -2.26. The van der Waals surface area contributed by atoms with Gasteiger partial charge in [0.1, 0.15) is 30.9 Å². The standard InChI is InChI=1S/C22H28ClFO3/c1-16(12-23)14-26-20-8-4-17(5-9-20)22(2,3)18-6-10-21(11-7-18)27-15-19(25)13-24/h4-11,16,19,25H,12-15H2,1-3H3. The first kappa shape index (κ1) is 21.5. The molecule has 0 fully saturated rings. The number of benzene rings is 2. The van der Waals surface area contributed by atoms with Crippen molar-refractivity contribution in [1.29, 1.82) is 0 Å². The van der Waals surface area contributed by atoms with Crippen LogP contribution >= 0.6 is 11.6 Å². The molecule has 1 N–H and O–H groups in total. The van der Waals surface area contributed by atoms with Crippen LogP contribution in [0.2, 0.25) is 0 Å². The zero-order chi connectivity index (χ0) is 19.9. The van der Waals surface area contributed by atoms with Crippen LogP contribution in [0.4, 0.5) is 4.39 Å². The molecule has 0 aliphatic heterocycles. The summed E-state index contributed by atoms with van der Waals surface area (Å²) in [4.78, 5) is 0. The lowest BCUT2D eigenvalue weighted by molar-refractivity contribution is 0.0842. The van der Waals surface area contributed by atoms with Crippen molar-refractivity contribution in [3.63, 3.8) is 0 Å². The van der Waals surface area contributed by atoms with Crippen LogP contribution in [0.25, 0.3) is 0 Å². The second-order valence-electron chi connectivity index (χ2n) is 7.36. The lowest BCUT2D eigenvalue weighted by atomic mass is 9.78. The number of hydrogen-bond donors (Lipinski definition) is 1. The Kier molecular flexibility index (Phi) is 7.93. The maximum absolute atomic E-state index is 12.3. The van der Waals surface area contributed by atoms with Gasteiger partial charge in [-0.25, -0.2) is 4.39 Å². The quantitative estimate of drug-likeness (QED) is 0.578. The summed E-state index contributed by atoms with van der Waals surface area (Å²) in [5.74, 6) is 2.34. The maximum atomic E-state index is 12.3. The highest BCUT2D eigenvalue weighted by Crippen LogP contribution is 2.33. The minimum absolute atomic E-state index is 0.0525. The zero-order valence-corrected chi connectivity index (χ0v) is 16.9. The van der Waals surface area contributed by atoms with Gasteiger partial charge in [0.15, 0.2) is 0 Å². The summed E-state index contributed by atoms with van der Waals surface area (Å²) in [6.45, 7) is 6.10. The van der Waals surface area contributed by atoms with Crippen LogP contribution in [0.3, 0.4) is 0 Å². The van der Waals surface area contributed by atoms with Gasteiger partial charge in [-0.3, -0.25) is 0 Å². The molecular formula is C22H28ClFO3. The average Bonchev–Trinajstić information content (AvgIpc) is 2.70. The Hall–Kier alpha value is -1.78. The summed E-state index contributed by atoms with van der Waals surface area (Å²) < 4.78 is 23.4. The third-order valence-electron chi connectivity index (χ3n) is 4.57. The molecule has 2 aromatic carbocycles. The van der Waals surface area contributed by atoms with E-state index in [1.807, 2.05) is 36.4 Å². The predicted molar refractivity (Wildman–Crippen MR) is 108 cm³/mol. The van der Waals surface area contributed by atoms with E-state index in [1.54, 1.807) is 0 Å². The van der Waals surface area contributed by atoms with Crippen LogP contribution in [-0.4, -0.2) is 37.0 Å². The first-order valence-corrected chi connectivity index (χ1v) is 9.67. The molecule has 0 aliphatic carbocycles. The minimum atomic E-state index is -1.09. The molecule has 0 bridgehead atoms. The summed E-state index contributed by atoms with van der Waals surface area (Å²) in [7, 11) is 0. The SMILES string of the molecule is CC(CCl)COc1ccc(C(C)(C)c2ccc(OCC(O)CF)cc2)cc1. The molecule has 0 heterocycles. The smallest absolute Gasteiger partial charge is 0.119 e. The molecule has 27 heavy (non-hydrogen) atoms. The van der Waals surface area contributed by atoms with E-state index in [4.69, 9.17) is 21.1 Å². The third kappa shape index (κ3) is 6.12. The molecule has 148 valence electrons. The molecule has 0 aromatic heterocycles. The topological polar surface area (TPSA) is 38.7 Å². The summed E-state index contributed by atoms with van der Waals surface area (Å²) in [6, 6.07) is 15.8. The number of rotatable bonds is 10. The van der Waals surface area contributed by atoms with E-state index in [0.717, 1.165) is 11.3 Å². The summed E-state index contributed by atoms with van der Waals surface area (Å²) in [6.07, 6.45) is -1.09. The average molecular weight is 395 g/mol. The Morgan fingerprint density at radius 3 is 1.78 bits per heavy atom. The van der Waals surface area contributed by atoms with Crippen molar-refractivity contribution in [2.45, 2.75) is 32.3 Å². The Bertz CT molecular complexity index is 626. The largest absolute Gasteiger partial charge is 0.493 e. The number of ether oxygens (including phenoxy) is 2. The fourth-order valence-corrected chi connectivity index (χ4v) is 2.71. The molecule has 2 unspecified atom stereocenters. The van der Waals surface area contributed by atoms with Crippen molar-refractivity contribution in [3.8, 4) is 11.5 Å². The number of hydrogen-bond acceptors (Lipinski definition) is 3. The second kappa shape index (κ2) is 9.95. The van der Waals surface area contributed by atoms with Crippen molar-refractivity contribution < 1.29 is 19.0 Å².